The van der Waals surface area contributed by atoms with E-state index in [0.717, 1.165) is 19.4 Å². The van der Waals surface area contributed by atoms with Crippen LogP contribution in [0.2, 0.25) is 0 Å². The summed E-state index contributed by atoms with van der Waals surface area (Å²) in [6.07, 6.45) is 5.55. The number of hydrogen-bond donors (Lipinski definition) is 1. The molecule has 2 atom stereocenters. The molecule has 4 heteroatoms. The second-order valence-electron chi connectivity index (χ2n) is 6.55. The molecule has 1 saturated carbocycles. The third-order valence-electron chi connectivity index (χ3n) is 3.95. The molecule has 0 aliphatic heterocycles. The topological polar surface area (TPSA) is 46.2 Å². The van der Waals surface area contributed by atoms with E-state index in [-0.39, 0.29) is 0 Å². The minimum Gasteiger partial charge on any atom is -0.314 e. The van der Waals surface area contributed by atoms with Gasteiger partial charge in [0, 0.05) is 6.04 Å². The van der Waals surface area contributed by atoms with Crippen LogP contribution < -0.4 is 5.32 Å². The molecule has 0 aromatic rings. The van der Waals surface area contributed by atoms with E-state index in [1.54, 1.807) is 20.8 Å². The third kappa shape index (κ3) is 4.54. The van der Waals surface area contributed by atoms with Crippen molar-refractivity contribution in [2.75, 3.05) is 12.3 Å². The SMILES string of the molecule is CCCNC1CCC(CCS(=O)(=O)C(C)(C)C)C1. The van der Waals surface area contributed by atoms with Crippen LogP contribution in [0, 0.1) is 5.92 Å². The summed E-state index contributed by atoms with van der Waals surface area (Å²) < 4.78 is 23.5. The van der Waals surface area contributed by atoms with E-state index >= 15 is 0 Å². The van der Waals surface area contributed by atoms with Crippen LogP contribution in [-0.2, 0) is 9.84 Å². The summed E-state index contributed by atoms with van der Waals surface area (Å²) >= 11 is 0. The number of sulfone groups is 1. The Morgan fingerprint density at radius 2 is 1.89 bits per heavy atom. The van der Waals surface area contributed by atoms with Crippen LogP contribution in [0.1, 0.15) is 59.8 Å². The Balaban J connectivity index is 2.34. The van der Waals surface area contributed by atoms with Gasteiger partial charge in [-0.25, -0.2) is 8.42 Å². The fourth-order valence-electron chi connectivity index (χ4n) is 2.50. The Bertz CT molecular complexity index is 343. The average Bonchev–Trinajstić information content (AvgIpc) is 2.70. The van der Waals surface area contributed by atoms with Crippen LogP contribution in [0.15, 0.2) is 0 Å². The van der Waals surface area contributed by atoms with Crippen LogP contribution in [0.4, 0.5) is 0 Å². The van der Waals surface area contributed by atoms with Crippen LogP contribution in [0.3, 0.4) is 0 Å². The first-order chi connectivity index (χ1) is 8.26. The van der Waals surface area contributed by atoms with Gasteiger partial charge in [0.15, 0.2) is 9.84 Å². The van der Waals surface area contributed by atoms with E-state index in [1.165, 1.54) is 19.3 Å². The maximum Gasteiger partial charge on any atom is 0.155 e. The lowest BCUT2D eigenvalue weighted by Gasteiger charge is -2.20. The van der Waals surface area contributed by atoms with Gasteiger partial charge in [-0.3, -0.25) is 0 Å². The van der Waals surface area contributed by atoms with Crippen molar-refractivity contribution in [2.45, 2.75) is 70.6 Å². The first-order valence-corrected chi connectivity index (χ1v) is 8.87. The van der Waals surface area contributed by atoms with Crippen molar-refractivity contribution >= 4 is 9.84 Å². The lowest BCUT2D eigenvalue weighted by molar-refractivity contribution is 0.473. The highest BCUT2D eigenvalue weighted by Gasteiger charge is 2.31. The second kappa shape index (κ2) is 6.38. The monoisotopic (exact) mass is 275 g/mol. The summed E-state index contributed by atoms with van der Waals surface area (Å²) in [5.41, 5.74) is 0. The molecule has 1 aliphatic rings. The van der Waals surface area contributed by atoms with Crippen molar-refractivity contribution in [1.82, 2.24) is 5.32 Å². The van der Waals surface area contributed by atoms with E-state index in [4.69, 9.17) is 0 Å². The standard InChI is InChI=1S/C14H29NO2S/c1-5-9-15-13-7-6-12(11-13)8-10-18(16,17)14(2,3)4/h12-13,15H,5-11H2,1-4H3. The molecule has 0 radical (unpaired) electrons. The molecular weight excluding hydrogens is 246 g/mol. The molecule has 18 heavy (non-hydrogen) atoms. The van der Waals surface area contributed by atoms with Gasteiger partial charge in [-0.05, 0) is 65.3 Å². The summed E-state index contributed by atoms with van der Waals surface area (Å²) in [6.45, 7) is 8.64. The van der Waals surface area contributed by atoms with Gasteiger partial charge in [0.2, 0.25) is 0 Å². The molecule has 0 spiro atoms. The lowest BCUT2D eigenvalue weighted by Crippen LogP contribution is -2.31. The number of nitrogens with one attached hydrogen (secondary N) is 1. The molecule has 0 saturated heterocycles. The van der Waals surface area contributed by atoms with Crippen LogP contribution in [-0.4, -0.2) is 31.5 Å². The molecular formula is C14H29NO2S. The van der Waals surface area contributed by atoms with Crippen LogP contribution in [0.5, 0.6) is 0 Å². The van der Waals surface area contributed by atoms with Gasteiger partial charge in [-0.2, -0.15) is 0 Å². The quantitative estimate of drug-likeness (QED) is 0.811. The minimum atomic E-state index is -2.94. The molecule has 1 rings (SSSR count). The maximum absolute atomic E-state index is 12.0. The van der Waals surface area contributed by atoms with Gasteiger partial charge in [0.05, 0.1) is 10.5 Å². The lowest BCUT2D eigenvalue weighted by atomic mass is 10.1. The van der Waals surface area contributed by atoms with E-state index < -0.39 is 14.6 Å². The Hall–Kier alpha value is -0.0900. The normalized spacial score (nSPS) is 25.6. The smallest absolute Gasteiger partial charge is 0.155 e. The number of rotatable bonds is 6. The van der Waals surface area contributed by atoms with Crippen LogP contribution in [0.25, 0.3) is 0 Å². The molecule has 0 amide bonds. The van der Waals surface area contributed by atoms with E-state index in [2.05, 4.69) is 12.2 Å². The molecule has 0 heterocycles. The summed E-state index contributed by atoms with van der Waals surface area (Å²) in [5, 5.41) is 3.54. The van der Waals surface area contributed by atoms with E-state index in [1.807, 2.05) is 0 Å². The maximum atomic E-state index is 12.0. The van der Waals surface area contributed by atoms with Gasteiger partial charge >= 0.3 is 0 Å². The summed E-state index contributed by atoms with van der Waals surface area (Å²) in [5.74, 6) is 0.943. The molecule has 0 aromatic carbocycles. The van der Waals surface area contributed by atoms with Crippen molar-refractivity contribution in [2.24, 2.45) is 5.92 Å². The van der Waals surface area contributed by atoms with Crippen molar-refractivity contribution in [1.29, 1.82) is 0 Å². The molecule has 0 aromatic heterocycles. The average molecular weight is 275 g/mol. The first-order valence-electron chi connectivity index (χ1n) is 7.22. The fraction of sp³-hybridized carbons (Fsp3) is 1.00. The molecule has 1 fully saturated rings. The zero-order chi connectivity index (χ0) is 13.8. The zero-order valence-corrected chi connectivity index (χ0v) is 13.1. The third-order valence-corrected chi connectivity index (χ3v) is 6.59. The fourth-order valence-corrected chi connectivity index (χ4v) is 3.76. The molecule has 2 unspecified atom stereocenters. The molecule has 1 N–H and O–H groups in total. The largest absolute Gasteiger partial charge is 0.314 e. The van der Waals surface area contributed by atoms with Crippen molar-refractivity contribution in [3.63, 3.8) is 0 Å². The highest BCUT2D eigenvalue weighted by atomic mass is 32.2. The van der Waals surface area contributed by atoms with Crippen molar-refractivity contribution in [3.05, 3.63) is 0 Å². The minimum absolute atomic E-state index is 0.349. The molecule has 3 nitrogen and oxygen atoms in total. The first kappa shape index (κ1) is 16.0. The Morgan fingerprint density at radius 3 is 2.44 bits per heavy atom. The van der Waals surface area contributed by atoms with Gasteiger partial charge in [0.1, 0.15) is 0 Å². The predicted molar refractivity (Wildman–Crippen MR) is 77.6 cm³/mol. The van der Waals surface area contributed by atoms with Gasteiger partial charge in [0.25, 0.3) is 0 Å². The van der Waals surface area contributed by atoms with E-state index in [9.17, 15) is 8.42 Å². The Morgan fingerprint density at radius 1 is 1.22 bits per heavy atom. The summed E-state index contributed by atoms with van der Waals surface area (Å²) in [6, 6.07) is 0.618. The Labute approximate surface area is 113 Å². The van der Waals surface area contributed by atoms with Crippen molar-refractivity contribution < 1.29 is 8.42 Å². The molecule has 0 bridgehead atoms. The van der Waals surface area contributed by atoms with Crippen molar-refractivity contribution in [3.8, 4) is 0 Å². The zero-order valence-electron chi connectivity index (χ0n) is 12.3. The Kier molecular flexibility index (Phi) is 5.66. The van der Waals surface area contributed by atoms with Crippen LogP contribution >= 0.6 is 0 Å². The molecule has 108 valence electrons. The highest BCUT2D eigenvalue weighted by Crippen LogP contribution is 2.30. The van der Waals surface area contributed by atoms with Gasteiger partial charge < -0.3 is 5.32 Å². The summed E-state index contributed by atoms with van der Waals surface area (Å²) in [7, 11) is -2.94. The summed E-state index contributed by atoms with van der Waals surface area (Å²) in [4.78, 5) is 0. The second-order valence-corrected chi connectivity index (χ2v) is 9.41. The number of hydrogen-bond acceptors (Lipinski definition) is 3. The highest BCUT2D eigenvalue weighted by molar-refractivity contribution is 7.92. The van der Waals surface area contributed by atoms with Gasteiger partial charge in [-0.1, -0.05) is 6.92 Å². The molecule has 1 aliphatic carbocycles. The van der Waals surface area contributed by atoms with Gasteiger partial charge in [-0.15, -0.1) is 0 Å². The van der Waals surface area contributed by atoms with E-state index in [0.29, 0.717) is 17.7 Å². The predicted octanol–water partition coefficient (Wildman–Crippen LogP) is 2.76.